The minimum atomic E-state index is -3.55. The molecule has 1 aliphatic heterocycles. The molecule has 0 unspecified atom stereocenters. The van der Waals surface area contributed by atoms with E-state index in [9.17, 15) is 32.4 Å². The van der Waals surface area contributed by atoms with Crippen LogP contribution in [0.25, 0.3) is 0 Å². The number of amides is 5. The standard InChI is InChI=1S/C40H65N5O7S/c1-8-23-41-34(48)31(46)28(18-17-26-15-16-26)42-33(47)30-29-27(38(29,5)6)24-45(30)35(49)32(37(2,3)4)43-36(50)44-40(21-13-10-14-22-40)25-53(51,52)39(7)19-11-9-12-20-39/h8,26-30,32H,1,9-25H2,2-7H3,(H,41,48)(H,42,47)(H2,43,44,50)/t27-,28-,29-,30-,32+/m0/s1. The molecule has 4 N–H and O–H groups in total. The molecule has 4 saturated carbocycles. The van der Waals surface area contributed by atoms with Gasteiger partial charge in [-0.05, 0) is 74.0 Å². The molecule has 0 aromatic carbocycles. The summed E-state index contributed by atoms with van der Waals surface area (Å²) in [5.41, 5.74) is -1.90. The average molecular weight is 760 g/mol. The van der Waals surface area contributed by atoms with Crippen molar-refractivity contribution in [2.24, 2.45) is 28.6 Å². The number of hydrogen-bond donors (Lipinski definition) is 4. The summed E-state index contributed by atoms with van der Waals surface area (Å²) in [6.07, 6.45) is 12.3. The Morgan fingerprint density at radius 1 is 0.906 bits per heavy atom. The van der Waals surface area contributed by atoms with Crippen molar-refractivity contribution in [2.75, 3.05) is 18.8 Å². The fourth-order valence-electron chi connectivity index (χ4n) is 9.46. The third-order valence-corrected chi connectivity index (χ3v) is 16.1. The summed E-state index contributed by atoms with van der Waals surface area (Å²) in [4.78, 5) is 70.3. The van der Waals surface area contributed by atoms with Crippen molar-refractivity contribution in [3.63, 3.8) is 0 Å². The number of sulfone groups is 1. The Balaban J connectivity index is 1.33. The van der Waals surface area contributed by atoms with Gasteiger partial charge in [-0.1, -0.05) is 92.1 Å². The quantitative estimate of drug-likeness (QED) is 0.140. The monoisotopic (exact) mass is 759 g/mol. The third-order valence-electron chi connectivity index (χ3n) is 13.3. The molecule has 5 rings (SSSR count). The van der Waals surface area contributed by atoms with Gasteiger partial charge in [-0.25, -0.2) is 13.2 Å². The minimum Gasteiger partial charge on any atom is -0.346 e. The van der Waals surface area contributed by atoms with Gasteiger partial charge in [-0.2, -0.15) is 0 Å². The number of nitrogens with zero attached hydrogens (tertiary/aromatic N) is 1. The molecule has 4 aliphatic carbocycles. The first-order chi connectivity index (χ1) is 24.8. The summed E-state index contributed by atoms with van der Waals surface area (Å²) >= 11 is 0. The zero-order valence-corrected chi connectivity index (χ0v) is 33.8. The normalized spacial score (nSPS) is 27.0. The van der Waals surface area contributed by atoms with Gasteiger partial charge in [0.2, 0.25) is 17.6 Å². The van der Waals surface area contributed by atoms with E-state index in [2.05, 4.69) is 41.7 Å². The molecule has 1 heterocycles. The smallest absolute Gasteiger partial charge is 0.315 e. The van der Waals surface area contributed by atoms with E-state index in [1.54, 1.807) is 4.90 Å². The van der Waals surface area contributed by atoms with E-state index in [0.717, 1.165) is 51.4 Å². The average Bonchev–Trinajstić information content (AvgIpc) is 3.95. The number of carbonyl (C=O) groups is 5. The molecule has 0 aromatic rings. The number of fused-ring (bicyclic) bond motifs is 1. The van der Waals surface area contributed by atoms with E-state index in [-0.39, 0.29) is 29.5 Å². The predicted molar refractivity (Wildman–Crippen MR) is 204 cm³/mol. The van der Waals surface area contributed by atoms with Crippen LogP contribution in [-0.4, -0.2) is 90.1 Å². The van der Waals surface area contributed by atoms with Crippen LogP contribution in [0.4, 0.5) is 4.79 Å². The zero-order chi connectivity index (χ0) is 39.0. The molecule has 1 saturated heterocycles. The molecular weight excluding hydrogens is 695 g/mol. The summed E-state index contributed by atoms with van der Waals surface area (Å²) in [6.45, 7) is 15.6. The molecule has 53 heavy (non-hydrogen) atoms. The Labute approximate surface area is 317 Å². The second kappa shape index (κ2) is 15.6. The lowest BCUT2D eigenvalue weighted by Gasteiger charge is -2.43. The number of nitrogens with one attached hydrogen (secondary N) is 4. The molecular formula is C40H65N5O7S. The fourth-order valence-corrected chi connectivity index (χ4v) is 11.8. The third kappa shape index (κ3) is 9.13. The zero-order valence-electron chi connectivity index (χ0n) is 33.0. The molecule has 5 aliphatic rings. The SMILES string of the molecule is C=CCNC(=O)C(=O)[C@H](CCC1CC1)NC(=O)[C@@H]1[C@@H]2[C@H](CN1C(=O)[C@@H](NC(=O)NC1(CS(=O)(=O)C3(C)CCCCC3)CCCCC1)C(C)(C)C)C2(C)C. The fraction of sp³-hybridized carbons (Fsp3) is 0.825. The van der Waals surface area contributed by atoms with Crippen LogP contribution < -0.4 is 21.3 Å². The summed E-state index contributed by atoms with van der Waals surface area (Å²) in [5, 5.41) is 11.4. The molecule has 12 nitrogen and oxygen atoms in total. The first kappa shape index (κ1) is 41.2. The second-order valence-corrected chi connectivity index (χ2v) is 21.3. The predicted octanol–water partition coefficient (Wildman–Crippen LogP) is 4.57. The number of ketones is 1. The van der Waals surface area contributed by atoms with Crippen molar-refractivity contribution in [3.05, 3.63) is 12.7 Å². The van der Waals surface area contributed by atoms with E-state index in [1.807, 2.05) is 27.7 Å². The Morgan fingerprint density at radius 2 is 1.51 bits per heavy atom. The number of likely N-dealkylation sites (tertiary alicyclic amines) is 1. The Bertz CT molecular complexity index is 1540. The van der Waals surface area contributed by atoms with Crippen molar-refractivity contribution in [3.8, 4) is 0 Å². The summed E-state index contributed by atoms with van der Waals surface area (Å²) in [7, 11) is -3.55. The van der Waals surface area contributed by atoms with Crippen LogP contribution in [0, 0.1) is 28.6 Å². The first-order valence-electron chi connectivity index (χ1n) is 20.1. The molecule has 298 valence electrons. The summed E-state index contributed by atoms with van der Waals surface area (Å²) < 4.78 is 27.1. The highest BCUT2D eigenvalue weighted by atomic mass is 32.2. The number of piperidine rings is 1. The number of rotatable bonds is 15. The van der Waals surface area contributed by atoms with Gasteiger partial charge in [-0.3, -0.25) is 19.2 Å². The van der Waals surface area contributed by atoms with Crippen LogP contribution in [0.1, 0.15) is 131 Å². The van der Waals surface area contributed by atoms with Gasteiger partial charge in [0.05, 0.1) is 22.1 Å². The van der Waals surface area contributed by atoms with Crippen LogP contribution in [0.5, 0.6) is 0 Å². The van der Waals surface area contributed by atoms with E-state index in [1.165, 1.54) is 6.08 Å². The molecule has 5 fully saturated rings. The molecule has 0 bridgehead atoms. The van der Waals surface area contributed by atoms with E-state index in [4.69, 9.17) is 0 Å². The number of urea groups is 1. The molecule has 13 heteroatoms. The van der Waals surface area contributed by atoms with Crippen LogP contribution in [0.15, 0.2) is 12.7 Å². The summed E-state index contributed by atoms with van der Waals surface area (Å²) in [5.74, 6) is -2.11. The lowest BCUT2D eigenvalue weighted by molar-refractivity contribution is -0.145. The van der Waals surface area contributed by atoms with Gasteiger partial charge in [0.1, 0.15) is 12.1 Å². The molecule has 5 atom stereocenters. The maximum absolute atomic E-state index is 14.6. The van der Waals surface area contributed by atoms with E-state index >= 15 is 0 Å². The first-order valence-corrected chi connectivity index (χ1v) is 21.8. The Kier molecular flexibility index (Phi) is 12.2. The number of carbonyl (C=O) groups excluding carboxylic acids is 5. The largest absolute Gasteiger partial charge is 0.346 e. The highest BCUT2D eigenvalue weighted by Crippen LogP contribution is 2.65. The van der Waals surface area contributed by atoms with E-state index in [0.29, 0.717) is 51.0 Å². The molecule has 5 amide bonds. The Morgan fingerprint density at radius 3 is 2.08 bits per heavy atom. The van der Waals surface area contributed by atoms with Crippen molar-refractivity contribution in [1.29, 1.82) is 0 Å². The van der Waals surface area contributed by atoms with Crippen LogP contribution in [0.2, 0.25) is 0 Å². The molecule has 0 radical (unpaired) electrons. The highest BCUT2D eigenvalue weighted by Gasteiger charge is 2.70. The Hall–Kier alpha value is -2.96. The van der Waals surface area contributed by atoms with Crippen LogP contribution in [-0.2, 0) is 29.0 Å². The summed E-state index contributed by atoms with van der Waals surface area (Å²) in [6, 6.07) is -3.52. The number of hydrogen-bond acceptors (Lipinski definition) is 7. The van der Waals surface area contributed by atoms with Gasteiger partial charge in [0, 0.05) is 13.1 Å². The van der Waals surface area contributed by atoms with Crippen molar-refractivity contribution >= 4 is 39.4 Å². The highest BCUT2D eigenvalue weighted by molar-refractivity contribution is 7.92. The van der Waals surface area contributed by atoms with Crippen LogP contribution >= 0.6 is 0 Å². The van der Waals surface area contributed by atoms with E-state index < -0.39 is 73.2 Å². The van der Waals surface area contributed by atoms with Crippen LogP contribution in [0.3, 0.4) is 0 Å². The van der Waals surface area contributed by atoms with Gasteiger partial charge in [0.15, 0.2) is 9.84 Å². The van der Waals surface area contributed by atoms with Gasteiger partial charge >= 0.3 is 6.03 Å². The lowest BCUT2D eigenvalue weighted by atomic mass is 9.83. The van der Waals surface area contributed by atoms with Crippen molar-refractivity contribution < 1.29 is 32.4 Å². The lowest BCUT2D eigenvalue weighted by Crippen LogP contribution is -2.64. The minimum absolute atomic E-state index is 0.0602. The second-order valence-electron chi connectivity index (χ2n) is 18.8. The molecule has 0 spiro atoms. The van der Waals surface area contributed by atoms with Gasteiger partial charge in [-0.15, -0.1) is 6.58 Å². The molecule has 0 aromatic heterocycles. The van der Waals surface area contributed by atoms with Gasteiger partial charge < -0.3 is 26.2 Å². The van der Waals surface area contributed by atoms with Gasteiger partial charge in [0.25, 0.3) is 5.91 Å². The maximum atomic E-state index is 14.6. The van der Waals surface area contributed by atoms with Crippen molar-refractivity contribution in [1.82, 2.24) is 26.2 Å². The number of Topliss-reactive ketones (excluding diaryl/α,β-unsaturated/α-hetero) is 1. The topological polar surface area (TPSA) is 171 Å². The van der Waals surface area contributed by atoms with Crippen molar-refractivity contribution in [2.45, 2.75) is 160 Å². The maximum Gasteiger partial charge on any atom is 0.315 e.